The molecule has 4 aromatic rings. The number of nitriles is 1. The average molecular weight is 927 g/mol. The Morgan fingerprint density at radius 2 is 1.49 bits per heavy atom. The lowest BCUT2D eigenvalue weighted by molar-refractivity contribution is -0.164. The van der Waals surface area contributed by atoms with Gasteiger partial charge < -0.3 is 40.2 Å². The maximum Gasteiger partial charge on any atom is 0.251 e. The first kappa shape index (κ1) is 48.8. The van der Waals surface area contributed by atoms with E-state index in [0.29, 0.717) is 32.7 Å². The molecular formula is C50H57Cl2N5O8. The van der Waals surface area contributed by atoms with E-state index in [9.17, 15) is 29.5 Å². The lowest BCUT2D eigenvalue weighted by atomic mass is 9.49. The molecule has 4 N–H and O–H groups in total. The number of halogens is 2. The van der Waals surface area contributed by atoms with Gasteiger partial charge in [0, 0.05) is 53.0 Å². The normalized spacial score (nSPS) is 20.1. The van der Waals surface area contributed by atoms with Crippen molar-refractivity contribution < 1.29 is 38.5 Å². The number of likely N-dealkylation sites (tertiary alicyclic amines) is 1. The van der Waals surface area contributed by atoms with Crippen molar-refractivity contribution in [2.24, 2.45) is 16.2 Å². The molecule has 1 heterocycles. The lowest BCUT2D eigenvalue weighted by Crippen LogP contribution is -2.74. The minimum Gasteiger partial charge on any atom is -0.491 e. The van der Waals surface area contributed by atoms with E-state index >= 15 is 0 Å². The summed E-state index contributed by atoms with van der Waals surface area (Å²) >= 11 is 12.2. The Morgan fingerprint density at radius 3 is 2.09 bits per heavy atom. The second kappa shape index (κ2) is 20.3. The SMILES string of the molecule is CC(C)(C)C(NC(=O)COCCOc1ccc(-c2ccc(C(=O)N[C@H]3C(C)(C)[C@H](Oc4ccc(C#N)c(Cl)c4)C3(C)C)cc2)cc1)C(=O)N1C[C@H](O)C[C@H]1C(=O)NCc1ccc(Cl)cc1. The van der Waals surface area contributed by atoms with Crippen LogP contribution in [0.3, 0.4) is 0 Å². The van der Waals surface area contributed by atoms with E-state index in [1.807, 2.05) is 57.2 Å². The van der Waals surface area contributed by atoms with Gasteiger partial charge in [-0.15, -0.1) is 0 Å². The van der Waals surface area contributed by atoms with Crippen molar-refractivity contribution in [3.05, 3.63) is 118 Å². The van der Waals surface area contributed by atoms with Crippen molar-refractivity contribution in [3.8, 4) is 28.7 Å². The van der Waals surface area contributed by atoms with E-state index < -0.39 is 52.2 Å². The van der Waals surface area contributed by atoms with Gasteiger partial charge in [-0.1, -0.05) is 108 Å². The Balaban J connectivity index is 0.937. The zero-order chi connectivity index (χ0) is 47.3. The summed E-state index contributed by atoms with van der Waals surface area (Å²) in [5.74, 6) is -0.373. The van der Waals surface area contributed by atoms with Crippen LogP contribution in [0.25, 0.3) is 11.1 Å². The second-order valence-electron chi connectivity index (χ2n) is 18.9. The summed E-state index contributed by atoms with van der Waals surface area (Å²) in [5, 5.41) is 29.4. The molecule has 1 aliphatic carbocycles. The maximum atomic E-state index is 13.9. The van der Waals surface area contributed by atoms with Crippen molar-refractivity contribution in [2.45, 2.75) is 91.8 Å². The molecule has 2 aliphatic rings. The largest absolute Gasteiger partial charge is 0.491 e. The van der Waals surface area contributed by atoms with Crippen LogP contribution in [0.1, 0.15) is 76.4 Å². The van der Waals surface area contributed by atoms with Crippen LogP contribution in [-0.4, -0.2) is 90.3 Å². The molecule has 15 heteroatoms. The molecule has 4 amide bonds. The third kappa shape index (κ3) is 11.6. The molecule has 0 radical (unpaired) electrons. The molecule has 0 spiro atoms. The smallest absolute Gasteiger partial charge is 0.251 e. The van der Waals surface area contributed by atoms with Crippen molar-refractivity contribution in [2.75, 3.05) is 26.4 Å². The van der Waals surface area contributed by atoms with E-state index in [4.69, 9.17) is 37.4 Å². The van der Waals surface area contributed by atoms with Crippen molar-refractivity contribution >= 4 is 46.8 Å². The summed E-state index contributed by atoms with van der Waals surface area (Å²) in [6.45, 7) is 13.8. The number of carbonyl (C=O) groups excluding carboxylic acids is 4. The number of hydrogen-bond donors (Lipinski definition) is 4. The Morgan fingerprint density at radius 1 is 0.877 bits per heavy atom. The number of β-amino-alcohol motifs (C(OH)–C–C–N with tert-alkyl or cyclic N) is 1. The molecule has 1 saturated carbocycles. The first-order chi connectivity index (χ1) is 30.7. The summed E-state index contributed by atoms with van der Waals surface area (Å²) in [6, 6.07) is 26.9. The number of nitrogens with zero attached hydrogens (tertiary/aromatic N) is 2. The molecule has 1 saturated heterocycles. The fourth-order valence-corrected chi connectivity index (χ4v) is 9.32. The standard InChI is InChI=1S/C50H57Cl2N5O8/c1-48(2,3)42(45(62)57-28-36(58)24-40(57)44(61)54-27-30-8-17-35(51)18-9-30)55-41(59)29-63-22-23-64-37-19-14-32(15-20-37)31-10-12-33(13-11-31)43(60)56-46-49(4,5)47(50(46,6)7)65-38-21-16-34(26-53)39(52)25-38/h8-21,25,36,40,42,46-47,58H,22-24,27-29H2,1-7H3,(H,54,61)(H,55,59)(H,56,60)/t36-,40+,42?,46-,47-/m1/s1. The molecule has 1 unspecified atom stereocenters. The van der Waals surface area contributed by atoms with Crippen LogP contribution in [0.5, 0.6) is 11.5 Å². The number of hydrogen-bond acceptors (Lipinski definition) is 9. The summed E-state index contributed by atoms with van der Waals surface area (Å²) < 4.78 is 17.8. The minimum absolute atomic E-state index is 0.0304. The van der Waals surface area contributed by atoms with Crippen molar-refractivity contribution in [3.63, 3.8) is 0 Å². The van der Waals surface area contributed by atoms with Gasteiger partial charge in [-0.05, 0) is 70.6 Å². The van der Waals surface area contributed by atoms with Crippen LogP contribution in [0.15, 0.2) is 91.0 Å². The Kier molecular flexibility index (Phi) is 15.2. The molecule has 4 aromatic carbocycles. The summed E-state index contributed by atoms with van der Waals surface area (Å²) in [5.41, 5.74) is 2.09. The highest BCUT2D eigenvalue weighted by Crippen LogP contribution is 2.55. The zero-order valence-electron chi connectivity index (χ0n) is 37.7. The quantitative estimate of drug-likeness (QED) is 0.0837. The lowest BCUT2D eigenvalue weighted by Gasteiger charge is -2.63. The molecule has 0 bridgehead atoms. The number of aliphatic hydroxyl groups excluding tert-OH is 1. The molecule has 6 rings (SSSR count). The number of carbonyl (C=O) groups is 4. The Bertz CT molecular complexity index is 2380. The number of aliphatic hydroxyl groups is 1. The zero-order valence-corrected chi connectivity index (χ0v) is 39.3. The summed E-state index contributed by atoms with van der Waals surface area (Å²) in [7, 11) is 0. The van der Waals surface area contributed by atoms with E-state index in [-0.39, 0.29) is 57.4 Å². The van der Waals surface area contributed by atoms with Gasteiger partial charge in [0.25, 0.3) is 5.91 Å². The molecule has 65 heavy (non-hydrogen) atoms. The predicted molar refractivity (Wildman–Crippen MR) is 248 cm³/mol. The highest BCUT2D eigenvalue weighted by molar-refractivity contribution is 6.31. The van der Waals surface area contributed by atoms with Crippen LogP contribution >= 0.6 is 23.2 Å². The van der Waals surface area contributed by atoms with E-state index in [1.165, 1.54) is 4.90 Å². The highest BCUT2D eigenvalue weighted by atomic mass is 35.5. The first-order valence-electron chi connectivity index (χ1n) is 21.6. The fourth-order valence-electron chi connectivity index (χ4n) is 8.98. The van der Waals surface area contributed by atoms with E-state index in [2.05, 4.69) is 49.7 Å². The maximum absolute atomic E-state index is 13.9. The van der Waals surface area contributed by atoms with Gasteiger partial charge in [0.15, 0.2) is 0 Å². The van der Waals surface area contributed by atoms with Gasteiger partial charge in [-0.2, -0.15) is 5.26 Å². The molecular weight excluding hydrogens is 869 g/mol. The Hall–Kier alpha value is -5.65. The fraction of sp³-hybridized carbons (Fsp3) is 0.420. The number of ether oxygens (including phenoxy) is 3. The summed E-state index contributed by atoms with van der Waals surface area (Å²) in [6.07, 6.45) is -1.01. The molecule has 1 aliphatic heterocycles. The number of amides is 4. The number of nitrogens with one attached hydrogen (secondary N) is 3. The monoisotopic (exact) mass is 925 g/mol. The number of benzene rings is 4. The average Bonchev–Trinajstić information content (AvgIpc) is 3.67. The van der Waals surface area contributed by atoms with Gasteiger partial charge >= 0.3 is 0 Å². The van der Waals surface area contributed by atoms with Gasteiger partial charge in [0.05, 0.1) is 23.3 Å². The molecule has 13 nitrogen and oxygen atoms in total. The Labute approximate surface area is 390 Å². The van der Waals surface area contributed by atoms with Gasteiger partial charge in [-0.25, -0.2) is 0 Å². The van der Waals surface area contributed by atoms with Gasteiger partial charge in [0.2, 0.25) is 17.7 Å². The number of rotatable bonds is 16. The van der Waals surface area contributed by atoms with E-state index in [1.54, 1.807) is 54.6 Å². The van der Waals surface area contributed by atoms with Crippen LogP contribution in [0.4, 0.5) is 0 Å². The molecule has 3 atom stereocenters. The van der Waals surface area contributed by atoms with Crippen LogP contribution in [0, 0.1) is 27.6 Å². The van der Waals surface area contributed by atoms with Crippen molar-refractivity contribution in [1.82, 2.24) is 20.9 Å². The van der Waals surface area contributed by atoms with Crippen LogP contribution in [0.2, 0.25) is 10.0 Å². The van der Waals surface area contributed by atoms with Crippen LogP contribution < -0.4 is 25.4 Å². The van der Waals surface area contributed by atoms with Gasteiger partial charge in [-0.3, -0.25) is 19.2 Å². The first-order valence-corrected chi connectivity index (χ1v) is 22.3. The third-order valence-electron chi connectivity index (χ3n) is 12.2. The molecule has 344 valence electrons. The summed E-state index contributed by atoms with van der Waals surface area (Å²) in [4.78, 5) is 54.9. The topological polar surface area (TPSA) is 179 Å². The predicted octanol–water partition coefficient (Wildman–Crippen LogP) is 7.35. The van der Waals surface area contributed by atoms with Crippen LogP contribution in [-0.2, 0) is 25.7 Å². The molecule has 2 fully saturated rings. The minimum atomic E-state index is -0.983. The highest BCUT2D eigenvalue weighted by Gasteiger charge is 2.64. The van der Waals surface area contributed by atoms with E-state index in [0.717, 1.165) is 16.7 Å². The van der Waals surface area contributed by atoms with Gasteiger partial charge in [0.1, 0.15) is 49.0 Å². The second-order valence-corrected chi connectivity index (χ2v) is 19.8. The third-order valence-corrected chi connectivity index (χ3v) is 12.7. The molecule has 0 aromatic heterocycles. The van der Waals surface area contributed by atoms with Crippen molar-refractivity contribution in [1.29, 1.82) is 5.26 Å².